The highest BCUT2D eigenvalue weighted by atomic mass is 16.5. The highest BCUT2D eigenvalue weighted by Gasteiger charge is 2.30. The molecule has 150 valence electrons. The van der Waals surface area contributed by atoms with Crippen LogP contribution in [0.5, 0.6) is 0 Å². The summed E-state index contributed by atoms with van der Waals surface area (Å²) < 4.78 is 9.61. The number of anilines is 1. The molecule has 0 spiro atoms. The molecule has 1 aliphatic carbocycles. The number of hydrogen-bond donors (Lipinski definition) is 1. The van der Waals surface area contributed by atoms with Crippen molar-refractivity contribution in [3.05, 3.63) is 36.4 Å². The lowest BCUT2D eigenvalue weighted by Crippen LogP contribution is -2.41. The summed E-state index contributed by atoms with van der Waals surface area (Å²) in [7, 11) is 0. The third kappa shape index (κ3) is 3.13. The molecule has 0 radical (unpaired) electrons. The molecule has 1 aliphatic rings. The maximum Gasteiger partial charge on any atom is 0.241 e. The summed E-state index contributed by atoms with van der Waals surface area (Å²) in [5.41, 5.74) is 4.68. The van der Waals surface area contributed by atoms with Crippen LogP contribution >= 0.6 is 0 Å². The predicted octanol–water partition coefficient (Wildman–Crippen LogP) is 3.45. The molecule has 1 N–H and O–H groups in total. The molecule has 0 amide bonds. The molecule has 0 bridgehead atoms. The first-order valence-corrected chi connectivity index (χ1v) is 10.2. The zero-order valence-electron chi connectivity index (χ0n) is 17.0. The number of aryl methyl sites for hydroxylation is 2. The summed E-state index contributed by atoms with van der Waals surface area (Å²) in [5, 5.41) is 8.02. The first kappa shape index (κ1) is 18.1. The molecule has 4 aromatic rings. The third-order valence-corrected chi connectivity index (χ3v) is 5.62. The molecule has 1 saturated carbocycles. The average molecular weight is 391 g/mol. The summed E-state index contributed by atoms with van der Waals surface area (Å²) in [6.07, 6.45) is 6.18. The Hall–Kier alpha value is -3.00. The van der Waals surface area contributed by atoms with Crippen LogP contribution in [0.4, 0.5) is 5.95 Å². The van der Waals surface area contributed by atoms with Crippen molar-refractivity contribution in [3.8, 4) is 11.3 Å². The van der Waals surface area contributed by atoms with Crippen molar-refractivity contribution < 1.29 is 4.74 Å². The fourth-order valence-corrected chi connectivity index (χ4v) is 4.06. The van der Waals surface area contributed by atoms with Crippen molar-refractivity contribution in [3.63, 3.8) is 0 Å². The lowest BCUT2D eigenvalue weighted by Gasteiger charge is -2.35. The van der Waals surface area contributed by atoms with Crippen molar-refractivity contribution in [2.75, 3.05) is 11.9 Å². The van der Waals surface area contributed by atoms with E-state index in [0.29, 0.717) is 18.1 Å². The van der Waals surface area contributed by atoms with E-state index in [9.17, 15) is 0 Å². The molecule has 4 heterocycles. The molecular formula is C21H25N7O. The van der Waals surface area contributed by atoms with Crippen LogP contribution in [0.25, 0.3) is 27.9 Å². The Kier molecular flexibility index (Phi) is 4.43. The fourth-order valence-electron chi connectivity index (χ4n) is 4.06. The maximum atomic E-state index is 5.62. The molecule has 0 aliphatic heterocycles. The average Bonchev–Trinajstić information content (AvgIpc) is 3.25. The van der Waals surface area contributed by atoms with Crippen LogP contribution in [-0.2, 0) is 11.3 Å². The number of ether oxygens (including phenoxy) is 1. The molecule has 5 rings (SSSR count). The van der Waals surface area contributed by atoms with E-state index < -0.39 is 0 Å². The summed E-state index contributed by atoms with van der Waals surface area (Å²) in [4.78, 5) is 14.0. The highest BCUT2D eigenvalue weighted by molar-refractivity contribution is 5.82. The third-order valence-electron chi connectivity index (χ3n) is 5.62. The minimum Gasteiger partial charge on any atom is -0.378 e. The molecule has 0 atom stereocenters. The van der Waals surface area contributed by atoms with E-state index in [4.69, 9.17) is 9.72 Å². The summed E-state index contributed by atoms with van der Waals surface area (Å²) in [6.45, 7) is 7.77. The van der Waals surface area contributed by atoms with Gasteiger partial charge in [-0.3, -0.25) is 0 Å². The van der Waals surface area contributed by atoms with E-state index in [-0.39, 0.29) is 0 Å². The molecule has 1 fully saturated rings. The van der Waals surface area contributed by atoms with E-state index in [1.165, 1.54) is 0 Å². The number of nitrogens with one attached hydrogen (secondary N) is 1. The Morgan fingerprint density at radius 3 is 2.83 bits per heavy atom. The van der Waals surface area contributed by atoms with Gasteiger partial charge >= 0.3 is 0 Å². The van der Waals surface area contributed by atoms with Crippen molar-refractivity contribution >= 4 is 22.6 Å². The minimum absolute atomic E-state index is 0.362. The van der Waals surface area contributed by atoms with Gasteiger partial charge in [0, 0.05) is 31.0 Å². The molecule has 8 nitrogen and oxygen atoms in total. The number of imidazole rings is 1. The largest absolute Gasteiger partial charge is 0.378 e. The zero-order valence-corrected chi connectivity index (χ0v) is 17.0. The van der Waals surface area contributed by atoms with E-state index in [2.05, 4.69) is 31.9 Å². The van der Waals surface area contributed by atoms with Crippen molar-refractivity contribution in [1.82, 2.24) is 29.1 Å². The smallest absolute Gasteiger partial charge is 0.241 e. The van der Waals surface area contributed by atoms with Crippen LogP contribution in [0.1, 0.15) is 32.5 Å². The maximum absolute atomic E-state index is 5.62. The van der Waals surface area contributed by atoms with Crippen molar-refractivity contribution in [2.45, 2.75) is 52.3 Å². The van der Waals surface area contributed by atoms with Crippen LogP contribution in [0, 0.1) is 6.92 Å². The van der Waals surface area contributed by atoms with Gasteiger partial charge in [-0.1, -0.05) is 0 Å². The lowest BCUT2D eigenvalue weighted by molar-refractivity contribution is 0.00283. The Balaban J connectivity index is 1.42. The van der Waals surface area contributed by atoms with Gasteiger partial charge in [0.2, 0.25) is 5.95 Å². The minimum atomic E-state index is 0.362. The van der Waals surface area contributed by atoms with Gasteiger partial charge in [-0.25, -0.2) is 19.5 Å². The molecule has 29 heavy (non-hydrogen) atoms. The molecule has 0 saturated heterocycles. The molecule has 8 heteroatoms. The topological polar surface area (TPSA) is 82.2 Å². The van der Waals surface area contributed by atoms with Gasteiger partial charge in [-0.15, -0.1) is 5.10 Å². The Morgan fingerprint density at radius 2 is 2.03 bits per heavy atom. The van der Waals surface area contributed by atoms with E-state index in [1.54, 1.807) is 0 Å². The first-order valence-electron chi connectivity index (χ1n) is 10.2. The highest BCUT2D eigenvalue weighted by Crippen LogP contribution is 2.28. The normalized spacial score (nSPS) is 19.0. The number of hydrogen-bond acceptors (Lipinski definition) is 6. The summed E-state index contributed by atoms with van der Waals surface area (Å²) in [5.74, 6) is 1.62. The molecule has 4 aromatic heterocycles. The SMILES string of the molecule is CCO[C@H]1C[C@H](Nc2ncc3c(-c4ccc5nc(C)n(CC)c5n4)ccn3n2)C1. The van der Waals surface area contributed by atoms with Gasteiger partial charge in [-0.05, 0) is 51.8 Å². The standard InChI is InChI=1S/C21H25N7O/c1-4-27-13(3)23-18-7-6-17(25-20(18)27)16-8-9-28-19(16)12-22-21(26-28)24-14-10-15(11-14)29-5-2/h6-9,12,14-15H,4-5,10-11H2,1-3H3,(H,24,26)/t14-,15-. The van der Waals surface area contributed by atoms with Crippen molar-refractivity contribution in [1.29, 1.82) is 0 Å². The molecule has 0 aromatic carbocycles. The van der Waals surface area contributed by atoms with E-state index in [0.717, 1.165) is 59.8 Å². The fraction of sp³-hybridized carbons (Fsp3) is 0.429. The Morgan fingerprint density at radius 1 is 1.17 bits per heavy atom. The first-order chi connectivity index (χ1) is 14.2. The second kappa shape index (κ2) is 7.11. The molecule has 0 unspecified atom stereocenters. The number of rotatable bonds is 6. The number of fused-ring (bicyclic) bond motifs is 2. The monoisotopic (exact) mass is 391 g/mol. The van der Waals surface area contributed by atoms with Crippen molar-refractivity contribution in [2.24, 2.45) is 0 Å². The lowest BCUT2D eigenvalue weighted by atomic mass is 9.89. The van der Waals surface area contributed by atoms with Crippen LogP contribution < -0.4 is 5.32 Å². The van der Waals surface area contributed by atoms with Gasteiger partial charge in [-0.2, -0.15) is 0 Å². The van der Waals surface area contributed by atoms with Crippen LogP contribution in [0.2, 0.25) is 0 Å². The quantitative estimate of drug-likeness (QED) is 0.542. The molecular weight excluding hydrogens is 366 g/mol. The van der Waals surface area contributed by atoms with Gasteiger partial charge in [0.05, 0.1) is 23.5 Å². The van der Waals surface area contributed by atoms with Crippen LogP contribution in [0.15, 0.2) is 30.6 Å². The van der Waals surface area contributed by atoms with E-state index >= 15 is 0 Å². The second-order valence-electron chi connectivity index (χ2n) is 7.47. The number of pyridine rings is 1. The van der Waals surface area contributed by atoms with Crippen LogP contribution in [-0.4, -0.2) is 47.9 Å². The Labute approximate surface area is 168 Å². The summed E-state index contributed by atoms with van der Waals surface area (Å²) >= 11 is 0. The van der Waals surface area contributed by atoms with E-state index in [1.807, 2.05) is 49.0 Å². The Bertz CT molecular complexity index is 1170. The number of aromatic nitrogens is 6. The zero-order chi connectivity index (χ0) is 20.0. The number of nitrogens with zero attached hydrogens (tertiary/aromatic N) is 6. The summed E-state index contributed by atoms with van der Waals surface area (Å²) in [6, 6.07) is 6.46. The predicted molar refractivity (Wildman–Crippen MR) is 112 cm³/mol. The van der Waals surface area contributed by atoms with Gasteiger partial charge in [0.15, 0.2) is 5.65 Å². The van der Waals surface area contributed by atoms with Crippen LogP contribution in [0.3, 0.4) is 0 Å². The second-order valence-corrected chi connectivity index (χ2v) is 7.47. The van der Waals surface area contributed by atoms with Gasteiger partial charge in [0.25, 0.3) is 0 Å². The van der Waals surface area contributed by atoms with Gasteiger partial charge < -0.3 is 14.6 Å². The van der Waals surface area contributed by atoms with Gasteiger partial charge in [0.1, 0.15) is 11.3 Å².